The van der Waals surface area contributed by atoms with Crippen LogP contribution in [0.15, 0.2) is 4.47 Å². The van der Waals surface area contributed by atoms with Gasteiger partial charge in [-0.25, -0.2) is 4.79 Å². The molecule has 0 spiro atoms. The van der Waals surface area contributed by atoms with Gasteiger partial charge in [-0.05, 0) is 15.9 Å². The van der Waals surface area contributed by atoms with Crippen LogP contribution in [0.4, 0.5) is 10.6 Å². The highest BCUT2D eigenvalue weighted by Gasteiger charge is 2.23. The maximum atomic E-state index is 11.3. The summed E-state index contributed by atoms with van der Waals surface area (Å²) < 4.78 is 5.39. The number of rotatable bonds is 2. The molecule has 0 aliphatic rings. The van der Waals surface area contributed by atoms with Crippen LogP contribution in [0.3, 0.4) is 0 Å². The van der Waals surface area contributed by atoms with Crippen LogP contribution in [0, 0.1) is 12.3 Å². The summed E-state index contributed by atoms with van der Waals surface area (Å²) >= 11 is 3.38. The van der Waals surface area contributed by atoms with Gasteiger partial charge >= 0.3 is 6.09 Å². The fourth-order valence-electron chi connectivity index (χ4n) is 1.15. The molecule has 0 unspecified atom stereocenters. The van der Waals surface area contributed by atoms with Gasteiger partial charge < -0.3 is 4.74 Å². The zero-order valence-corrected chi connectivity index (χ0v) is 11.5. The Kier molecular flexibility index (Phi) is 4.18. The highest BCUT2D eigenvalue weighted by Crippen LogP contribution is 2.32. The van der Waals surface area contributed by atoms with E-state index in [1.54, 1.807) is 0 Å². The number of halogens is 1. The molecule has 0 aliphatic heterocycles. The molecule has 0 aliphatic carbocycles. The summed E-state index contributed by atoms with van der Waals surface area (Å²) in [5.74, 6) is 2.59. The van der Waals surface area contributed by atoms with E-state index in [4.69, 9.17) is 6.42 Å². The van der Waals surface area contributed by atoms with Crippen molar-refractivity contribution in [2.75, 3.05) is 11.9 Å². The molecule has 0 saturated heterocycles. The summed E-state index contributed by atoms with van der Waals surface area (Å²) in [7, 11) is 0. The highest BCUT2D eigenvalue weighted by atomic mass is 79.9. The number of aromatic nitrogens is 2. The fraction of sp³-hybridized carbons (Fsp3) is 0.455. The number of anilines is 1. The van der Waals surface area contributed by atoms with Crippen LogP contribution in [0.2, 0.25) is 0 Å². The van der Waals surface area contributed by atoms with Crippen LogP contribution in [0.5, 0.6) is 0 Å². The highest BCUT2D eigenvalue weighted by molar-refractivity contribution is 9.10. The fourth-order valence-corrected chi connectivity index (χ4v) is 2.02. The molecule has 0 bridgehead atoms. The number of nitrogens with zero attached hydrogens (tertiary/aromatic N) is 1. The van der Waals surface area contributed by atoms with Gasteiger partial charge in [0.15, 0.2) is 12.4 Å². The molecule has 0 atom stereocenters. The van der Waals surface area contributed by atoms with Crippen molar-refractivity contribution in [1.29, 1.82) is 0 Å². The van der Waals surface area contributed by atoms with Crippen LogP contribution < -0.4 is 5.32 Å². The molecule has 1 rings (SSSR count). The van der Waals surface area contributed by atoms with E-state index in [1.807, 2.05) is 20.8 Å². The second-order valence-corrected chi connectivity index (χ2v) is 5.21. The molecule has 0 fully saturated rings. The Morgan fingerprint density at radius 3 is 2.76 bits per heavy atom. The number of hydrogen-bond donors (Lipinski definition) is 2. The zero-order valence-electron chi connectivity index (χ0n) is 9.93. The van der Waals surface area contributed by atoms with Crippen LogP contribution in [-0.4, -0.2) is 22.9 Å². The summed E-state index contributed by atoms with van der Waals surface area (Å²) in [5.41, 5.74) is 0.791. The number of H-pyrrole nitrogens is 1. The number of hydrogen-bond acceptors (Lipinski definition) is 3. The second kappa shape index (κ2) is 5.23. The number of ether oxygens (including phenoxy) is 1. The minimum Gasteiger partial charge on any atom is -0.436 e. The molecule has 0 aromatic carbocycles. The van der Waals surface area contributed by atoms with E-state index < -0.39 is 6.09 Å². The predicted molar refractivity (Wildman–Crippen MR) is 68.8 cm³/mol. The van der Waals surface area contributed by atoms with Gasteiger partial charge in [-0.2, -0.15) is 5.10 Å². The summed E-state index contributed by atoms with van der Waals surface area (Å²) in [6.07, 6.45) is 4.35. The van der Waals surface area contributed by atoms with Crippen molar-refractivity contribution in [3.05, 3.63) is 10.2 Å². The lowest BCUT2D eigenvalue weighted by molar-refractivity contribution is 0.176. The Bertz CT molecular complexity index is 454. The van der Waals surface area contributed by atoms with Crippen LogP contribution >= 0.6 is 15.9 Å². The van der Waals surface area contributed by atoms with E-state index in [-0.39, 0.29) is 12.0 Å². The third-order valence-electron chi connectivity index (χ3n) is 1.96. The molecule has 1 heterocycles. The molecule has 0 saturated carbocycles. The first-order chi connectivity index (χ1) is 7.86. The summed E-state index contributed by atoms with van der Waals surface area (Å²) in [6.45, 7) is 6.03. The Morgan fingerprint density at radius 1 is 1.65 bits per heavy atom. The molecule has 1 amide bonds. The SMILES string of the molecule is C#CCOC(=O)Nc1n[nH]c(C(C)(C)C)c1Br. The molecule has 92 valence electrons. The molecule has 0 radical (unpaired) electrons. The van der Waals surface area contributed by atoms with Gasteiger partial charge in [-0.1, -0.05) is 26.7 Å². The van der Waals surface area contributed by atoms with E-state index >= 15 is 0 Å². The van der Waals surface area contributed by atoms with E-state index in [0.29, 0.717) is 10.3 Å². The van der Waals surface area contributed by atoms with Gasteiger partial charge in [0.25, 0.3) is 0 Å². The maximum absolute atomic E-state index is 11.3. The average molecular weight is 300 g/mol. The van der Waals surface area contributed by atoms with E-state index in [0.717, 1.165) is 5.69 Å². The first-order valence-corrected chi connectivity index (χ1v) is 5.77. The van der Waals surface area contributed by atoms with E-state index in [9.17, 15) is 4.79 Å². The largest absolute Gasteiger partial charge is 0.436 e. The smallest absolute Gasteiger partial charge is 0.413 e. The predicted octanol–water partition coefficient (Wildman–Crippen LogP) is 2.65. The molecular formula is C11H14BrN3O2. The molecule has 5 nitrogen and oxygen atoms in total. The molecular weight excluding hydrogens is 286 g/mol. The number of amides is 1. The van der Waals surface area contributed by atoms with Gasteiger partial charge in [-0.15, -0.1) is 6.42 Å². The van der Waals surface area contributed by atoms with Crippen molar-refractivity contribution in [2.45, 2.75) is 26.2 Å². The standard InChI is InChI=1S/C11H14BrN3O2/c1-5-6-17-10(16)13-9-7(12)8(14-15-9)11(2,3)4/h1H,6H2,2-4H3,(H2,13,14,15,16). The van der Waals surface area contributed by atoms with Gasteiger partial charge in [0.2, 0.25) is 0 Å². The number of carbonyl (C=O) groups is 1. The van der Waals surface area contributed by atoms with Crippen molar-refractivity contribution in [3.8, 4) is 12.3 Å². The molecule has 1 aromatic rings. The zero-order chi connectivity index (χ0) is 13.1. The van der Waals surface area contributed by atoms with Crippen molar-refractivity contribution in [3.63, 3.8) is 0 Å². The third kappa shape index (κ3) is 3.49. The molecule has 1 aromatic heterocycles. The van der Waals surface area contributed by atoms with Crippen molar-refractivity contribution in [2.24, 2.45) is 0 Å². The molecule has 6 heteroatoms. The van der Waals surface area contributed by atoms with Crippen molar-refractivity contribution < 1.29 is 9.53 Å². The monoisotopic (exact) mass is 299 g/mol. The van der Waals surface area contributed by atoms with Gasteiger partial charge in [-0.3, -0.25) is 10.4 Å². The lowest BCUT2D eigenvalue weighted by Crippen LogP contribution is -2.15. The lowest BCUT2D eigenvalue weighted by Gasteiger charge is -2.16. The van der Waals surface area contributed by atoms with Gasteiger partial charge in [0.05, 0.1) is 10.2 Å². The maximum Gasteiger partial charge on any atom is 0.413 e. The summed E-state index contributed by atoms with van der Waals surface area (Å²) in [6, 6.07) is 0. The van der Waals surface area contributed by atoms with Crippen molar-refractivity contribution in [1.82, 2.24) is 10.2 Å². The Morgan fingerprint density at radius 2 is 2.29 bits per heavy atom. The van der Waals surface area contributed by atoms with Crippen LogP contribution in [0.1, 0.15) is 26.5 Å². The Labute approximate surface area is 108 Å². The summed E-state index contributed by atoms with van der Waals surface area (Å²) in [5, 5.41) is 9.35. The van der Waals surface area contributed by atoms with E-state index in [1.165, 1.54) is 0 Å². The lowest BCUT2D eigenvalue weighted by atomic mass is 9.92. The third-order valence-corrected chi connectivity index (χ3v) is 2.74. The van der Waals surface area contributed by atoms with Crippen LogP contribution in [0.25, 0.3) is 0 Å². The average Bonchev–Trinajstić information content (AvgIpc) is 2.57. The van der Waals surface area contributed by atoms with E-state index in [2.05, 4.69) is 42.1 Å². The van der Waals surface area contributed by atoms with Gasteiger partial charge in [0, 0.05) is 5.41 Å². The molecule has 2 N–H and O–H groups in total. The van der Waals surface area contributed by atoms with Crippen molar-refractivity contribution >= 4 is 27.8 Å². The number of carbonyl (C=O) groups excluding carboxylic acids is 1. The van der Waals surface area contributed by atoms with Crippen LogP contribution in [-0.2, 0) is 10.2 Å². The quantitative estimate of drug-likeness (QED) is 0.825. The first-order valence-electron chi connectivity index (χ1n) is 4.98. The second-order valence-electron chi connectivity index (χ2n) is 4.42. The first kappa shape index (κ1) is 13.6. The van der Waals surface area contributed by atoms with Gasteiger partial charge in [0.1, 0.15) is 0 Å². The Hall–Kier alpha value is -1.48. The minimum atomic E-state index is -0.629. The normalized spacial score (nSPS) is 10.8. The molecule has 17 heavy (non-hydrogen) atoms. The minimum absolute atomic E-state index is 0.0694. The number of nitrogens with one attached hydrogen (secondary N) is 2. The summed E-state index contributed by atoms with van der Waals surface area (Å²) in [4.78, 5) is 11.3. The Balaban J connectivity index is 2.78. The number of terminal acetylenes is 1. The number of aromatic amines is 1. The topological polar surface area (TPSA) is 67.0 Å².